The molecular weight excluding hydrogens is 276 g/mol. The molecule has 0 atom stereocenters. The van der Waals surface area contributed by atoms with Gasteiger partial charge in [0.1, 0.15) is 5.76 Å². The van der Waals surface area contributed by atoms with Gasteiger partial charge in [-0.05, 0) is 37.8 Å². The van der Waals surface area contributed by atoms with Gasteiger partial charge in [-0.1, -0.05) is 20.8 Å². The van der Waals surface area contributed by atoms with Crippen molar-refractivity contribution >= 4 is 10.0 Å². The van der Waals surface area contributed by atoms with Crippen LogP contribution in [0, 0.1) is 0 Å². The summed E-state index contributed by atoms with van der Waals surface area (Å²) in [5.74, 6) is 0.637. The second-order valence-electron chi connectivity index (χ2n) is 5.85. The monoisotopic (exact) mass is 300 g/mol. The number of rotatable bonds is 7. The number of furan rings is 1. The SMILES string of the molecule is CCC1(NS(=O)(=O)c2ccc(CNC(C)C)o2)CCC1. The van der Waals surface area contributed by atoms with Crippen LogP contribution in [0.5, 0.6) is 0 Å². The summed E-state index contributed by atoms with van der Waals surface area (Å²) >= 11 is 0. The van der Waals surface area contributed by atoms with Crippen molar-refractivity contribution in [2.24, 2.45) is 0 Å². The Morgan fingerprint density at radius 3 is 2.55 bits per heavy atom. The first kappa shape index (κ1) is 15.5. The Morgan fingerprint density at radius 2 is 2.05 bits per heavy atom. The number of sulfonamides is 1. The predicted octanol–water partition coefficient (Wildman–Crippen LogP) is 2.39. The molecule has 0 spiro atoms. The largest absolute Gasteiger partial charge is 0.447 e. The van der Waals surface area contributed by atoms with Crippen LogP contribution in [0.25, 0.3) is 0 Å². The van der Waals surface area contributed by atoms with Gasteiger partial charge in [-0.2, -0.15) is 0 Å². The lowest BCUT2D eigenvalue weighted by Gasteiger charge is -2.41. The maximum atomic E-state index is 12.3. The van der Waals surface area contributed by atoms with Gasteiger partial charge in [0.05, 0.1) is 6.54 Å². The number of hydrogen-bond donors (Lipinski definition) is 2. The van der Waals surface area contributed by atoms with Gasteiger partial charge in [-0.3, -0.25) is 0 Å². The van der Waals surface area contributed by atoms with Crippen LogP contribution in [0.1, 0.15) is 52.2 Å². The van der Waals surface area contributed by atoms with Gasteiger partial charge in [-0.15, -0.1) is 0 Å². The van der Waals surface area contributed by atoms with Gasteiger partial charge in [0.15, 0.2) is 0 Å². The lowest BCUT2D eigenvalue weighted by atomic mass is 9.76. The summed E-state index contributed by atoms with van der Waals surface area (Å²) in [5, 5.41) is 3.21. The standard InChI is InChI=1S/C14H24N2O3S/c1-4-14(8-5-9-14)16-20(17,18)13-7-6-12(19-13)10-15-11(2)3/h6-7,11,15-16H,4-5,8-10H2,1-3H3. The fourth-order valence-electron chi connectivity index (χ4n) is 2.37. The van der Waals surface area contributed by atoms with Crippen molar-refractivity contribution < 1.29 is 12.8 Å². The Bertz CT molecular complexity index is 539. The number of nitrogens with one attached hydrogen (secondary N) is 2. The first-order valence-corrected chi connectivity index (χ1v) is 8.71. The molecule has 1 heterocycles. The summed E-state index contributed by atoms with van der Waals surface area (Å²) < 4.78 is 32.9. The minimum atomic E-state index is -3.55. The fourth-order valence-corrected chi connectivity index (χ4v) is 3.85. The van der Waals surface area contributed by atoms with Gasteiger partial charge in [0, 0.05) is 11.6 Å². The third-order valence-electron chi connectivity index (χ3n) is 3.92. The van der Waals surface area contributed by atoms with Crippen molar-refractivity contribution in [3.05, 3.63) is 17.9 Å². The van der Waals surface area contributed by atoms with E-state index in [9.17, 15) is 8.42 Å². The van der Waals surface area contributed by atoms with Crippen molar-refractivity contribution in [2.75, 3.05) is 0 Å². The van der Waals surface area contributed by atoms with Gasteiger partial charge in [0.2, 0.25) is 5.09 Å². The van der Waals surface area contributed by atoms with Crippen LogP contribution in [-0.4, -0.2) is 20.0 Å². The minimum Gasteiger partial charge on any atom is -0.447 e. The molecule has 0 bridgehead atoms. The Labute approximate surface area is 121 Å². The molecule has 1 aliphatic carbocycles. The van der Waals surface area contributed by atoms with Gasteiger partial charge < -0.3 is 9.73 Å². The Kier molecular flexibility index (Phi) is 4.56. The molecule has 6 heteroatoms. The van der Waals surface area contributed by atoms with Crippen LogP contribution in [0.3, 0.4) is 0 Å². The smallest absolute Gasteiger partial charge is 0.274 e. The Hall–Kier alpha value is -0.850. The van der Waals surface area contributed by atoms with E-state index in [4.69, 9.17) is 4.42 Å². The summed E-state index contributed by atoms with van der Waals surface area (Å²) in [4.78, 5) is 0. The summed E-state index contributed by atoms with van der Waals surface area (Å²) in [6, 6.07) is 3.57. The van der Waals surface area contributed by atoms with Crippen molar-refractivity contribution in [2.45, 2.75) is 69.7 Å². The van der Waals surface area contributed by atoms with Crippen molar-refractivity contribution in [1.82, 2.24) is 10.0 Å². The molecule has 0 aliphatic heterocycles. The summed E-state index contributed by atoms with van der Waals surface area (Å²) in [5.41, 5.74) is -0.262. The Morgan fingerprint density at radius 1 is 1.35 bits per heavy atom. The zero-order valence-electron chi connectivity index (χ0n) is 12.4. The van der Waals surface area contributed by atoms with Crippen LogP contribution >= 0.6 is 0 Å². The maximum absolute atomic E-state index is 12.3. The number of hydrogen-bond acceptors (Lipinski definition) is 4. The maximum Gasteiger partial charge on any atom is 0.274 e. The molecular formula is C14H24N2O3S. The van der Waals surface area contributed by atoms with Gasteiger partial charge in [0.25, 0.3) is 10.0 Å². The molecule has 0 saturated heterocycles. The van der Waals surface area contributed by atoms with E-state index < -0.39 is 10.0 Å². The van der Waals surface area contributed by atoms with E-state index in [1.807, 2.05) is 20.8 Å². The second-order valence-corrected chi connectivity index (χ2v) is 7.46. The van der Waals surface area contributed by atoms with Crippen LogP contribution in [0.2, 0.25) is 0 Å². The Balaban J connectivity index is 2.06. The lowest BCUT2D eigenvalue weighted by molar-refractivity contribution is 0.212. The van der Waals surface area contributed by atoms with Crippen molar-refractivity contribution in [3.63, 3.8) is 0 Å². The highest BCUT2D eigenvalue weighted by Gasteiger charge is 2.39. The first-order valence-electron chi connectivity index (χ1n) is 7.23. The third kappa shape index (κ3) is 3.42. The highest BCUT2D eigenvalue weighted by Crippen LogP contribution is 2.36. The van der Waals surface area contributed by atoms with Gasteiger partial charge >= 0.3 is 0 Å². The van der Waals surface area contributed by atoms with E-state index in [2.05, 4.69) is 10.0 Å². The normalized spacial score (nSPS) is 18.2. The van der Waals surface area contributed by atoms with Gasteiger partial charge in [-0.25, -0.2) is 13.1 Å². The quantitative estimate of drug-likeness (QED) is 0.811. The molecule has 1 aromatic heterocycles. The van der Waals surface area contributed by atoms with Crippen LogP contribution in [-0.2, 0) is 16.6 Å². The molecule has 0 radical (unpaired) electrons. The van der Waals surface area contributed by atoms with E-state index in [0.29, 0.717) is 18.3 Å². The van der Waals surface area contributed by atoms with Crippen LogP contribution in [0.4, 0.5) is 0 Å². The topological polar surface area (TPSA) is 71.3 Å². The molecule has 2 rings (SSSR count). The summed E-state index contributed by atoms with van der Waals surface area (Å²) in [6.07, 6.45) is 3.71. The molecule has 0 unspecified atom stereocenters. The molecule has 0 aromatic carbocycles. The molecule has 114 valence electrons. The zero-order chi connectivity index (χ0) is 14.8. The first-order chi connectivity index (χ1) is 9.37. The van der Waals surface area contributed by atoms with E-state index in [0.717, 1.165) is 25.7 Å². The molecule has 5 nitrogen and oxygen atoms in total. The summed E-state index contributed by atoms with van der Waals surface area (Å²) in [6.45, 7) is 6.61. The average molecular weight is 300 g/mol. The third-order valence-corrected chi connectivity index (χ3v) is 5.38. The molecule has 1 aromatic rings. The van der Waals surface area contributed by atoms with Crippen LogP contribution in [0.15, 0.2) is 21.6 Å². The van der Waals surface area contributed by atoms with Crippen molar-refractivity contribution in [1.29, 1.82) is 0 Å². The van der Waals surface area contributed by atoms with Crippen molar-refractivity contribution in [3.8, 4) is 0 Å². The van der Waals surface area contributed by atoms with E-state index in [1.165, 1.54) is 6.07 Å². The molecule has 1 fully saturated rings. The highest BCUT2D eigenvalue weighted by atomic mass is 32.2. The molecule has 1 saturated carbocycles. The van der Waals surface area contributed by atoms with Crippen LogP contribution < -0.4 is 10.0 Å². The summed E-state index contributed by atoms with van der Waals surface area (Å²) in [7, 11) is -3.55. The molecule has 1 aliphatic rings. The molecule has 0 amide bonds. The second kappa shape index (κ2) is 5.87. The fraction of sp³-hybridized carbons (Fsp3) is 0.714. The molecule has 2 N–H and O–H groups in total. The lowest BCUT2D eigenvalue weighted by Crippen LogP contribution is -2.52. The molecule has 20 heavy (non-hydrogen) atoms. The predicted molar refractivity (Wildman–Crippen MR) is 77.9 cm³/mol. The van der Waals surface area contributed by atoms with E-state index >= 15 is 0 Å². The van der Waals surface area contributed by atoms with E-state index in [-0.39, 0.29) is 10.6 Å². The minimum absolute atomic E-state index is 0.0118. The average Bonchev–Trinajstić information content (AvgIpc) is 2.81. The van der Waals surface area contributed by atoms with E-state index in [1.54, 1.807) is 6.07 Å². The highest BCUT2D eigenvalue weighted by molar-refractivity contribution is 7.89. The zero-order valence-corrected chi connectivity index (χ0v) is 13.2.